The van der Waals surface area contributed by atoms with E-state index in [9.17, 15) is 13.6 Å². The number of hydrogen-bond acceptors (Lipinski definition) is 3. The third-order valence-electron chi connectivity index (χ3n) is 4.28. The average Bonchev–Trinajstić information content (AvgIpc) is 2.73. The third-order valence-corrected chi connectivity index (χ3v) is 4.51. The molecule has 2 aliphatic rings. The van der Waals surface area contributed by atoms with Gasteiger partial charge in [0.25, 0.3) is 5.91 Å². The summed E-state index contributed by atoms with van der Waals surface area (Å²) in [6.07, 6.45) is 2.74. The van der Waals surface area contributed by atoms with Crippen molar-refractivity contribution in [2.24, 2.45) is 0 Å². The first-order chi connectivity index (χ1) is 10.6. The second-order valence-corrected chi connectivity index (χ2v) is 6.05. The number of hydrogen-bond donors (Lipinski definition) is 1. The molecule has 0 aliphatic carbocycles. The van der Waals surface area contributed by atoms with E-state index < -0.39 is 6.61 Å². The van der Waals surface area contributed by atoms with Crippen molar-refractivity contribution in [1.82, 2.24) is 10.2 Å². The van der Waals surface area contributed by atoms with Crippen LogP contribution in [0, 0.1) is 0 Å². The Kier molecular flexibility index (Phi) is 4.49. The monoisotopic (exact) mass is 330 g/mol. The fraction of sp³-hybridized carbons (Fsp3) is 0.533. The number of nitrogens with one attached hydrogen (secondary N) is 1. The highest BCUT2D eigenvalue weighted by Crippen LogP contribution is 2.33. The lowest BCUT2D eigenvalue weighted by Crippen LogP contribution is -2.42. The highest BCUT2D eigenvalue weighted by atomic mass is 35.5. The van der Waals surface area contributed by atoms with Crippen molar-refractivity contribution < 1.29 is 18.3 Å². The second-order valence-electron chi connectivity index (χ2n) is 5.61. The zero-order valence-corrected chi connectivity index (χ0v) is 12.7. The molecule has 2 atom stereocenters. The quantitative estimate of drug-likeness (QED) is 0.926. The molecule has 22 heavy (non-hydrogen) atoms. The lowest BCUT2D eigenvalue weighted by molar-refractivity contribution is -0.0503. The fourth-order valence-corrected chi connectivity index (χ4v) is 3.49. The van der Waals surface area contributed by atoms with Crippen LogP contribution in [0.25, 0.3) is 0 Å². The maximum absolute atomic E-state index is 12.9. The highest BCUT2D eigenvalue weighted by Gasteiger charge is 2.39. The van der Waals surface area contributed by atoms with E-state index in [2.05, 4.69) is 10.1 Å². The fourth-order valence-electron chi connectivity index (χ4n) is 3.32. The van der Waals surface area contributed by atoms with Crippen LogP contribution in [0.1, 0.15) is 29.6 Å². The van der Waals surface area contributed by atoms with Gasteiger partial charge in [0.2, 0.25) is 0 Å². The van der Waals surface area contributed by atoms with Crippen LogP contribution in [0.4, 0.5) is 8.78 Å². The van der Waals surface area contributed by atoms with Gasteiger partial charge in [0.15, 0.2) is 0 Å². The number of fused-ring (bicyclic) bond motifs is 2. The van der Waals surface area contributed by atoms with Crippen LogP contribution in [0.3, 0.4) is 0 Å². The van der Waals surface area contributed by atoms with Crippen molar-refractivity contribution in [3.63, 3.8) is 0 Å². The van der Waals surface area contributed by atoms with Gasteiger partial charge in [0, 0.05) is 23.7 Å². The van der Waals surface area contributed by atoms with Crippen LogP contribution >= 0.6 is 11.6 Å². The highest BCUT2D eigenvalue weighted by molar-refractivity contribution is 6.31. The molecule has 1 N–H and O–H groups in total. The summed E-state index contributed by atoms with van der Waals surface area (Å²) in [4.78, 5) is 14.7. The molecule has 3 rings (SSSR count). The van der Waals surface area contributed by atoms with Gasteiger partial charge in [-0.25, -0.2) is 0 Å². The van der Waals surface area contributed by atoms with Crippen LogP contribution in [-0.2, 0) is 0 Å². The summed E-state index contributed by atoms with van der Waals surface area (Å²) >= 11 is 5.93. The van der Waals surface area contributed by atoms with Gasteiger partial charge in [-0.05, 0) is 44.0 Å². The Bertz CT molecular complexity index is 556. The Labute approximate surface area is 132 Å². The molecular weight excluding hydrogens is 314 g/mol. The van der Waals surface area contributed by atoms with Crippen molar-refractivity contribution in [2.75, 3.05) is 13.1 Å². The van der Waals surface area contributed by atoms with Gasteiger partial charge < -0.3 is 15.0 Å². The lowest BCUT2D eigenvalue weighted by atomic mass is 10.1. The smallest absolute Gasteiger partial charge is 0.387 e. The van der Waals surface area contributed by atoms with Crippen molar-refractivity contribution in [2.45, 2.75) is 38.0 Å². The van der Waals surface area contributed by atoms with E-state index in [4.69, 9.17) is 11.6 Å². The molecule has 2 heterocycles. The van der Waals surface area contributed by atoms with Gasteiger partial charge in [-0.1, -0.05) is 11.6 Å². The van der Waals surface area contributed by atoms with Crippen LogP contribution < -0.4 is 10.1 Å². The molecular formula is C15H17ClF2N2O2. The predicted octanol–water partition coefficient (Wildman–Crippen LogP) is 2.91. The third kappa shape index (κ3) is 3.03. The Morgan fingerprint density at radius 3 is 2.86 bits per heavy atom. The van der Waals surface area contributed by atoms with Gasteiger partial charge >= 0.3 is 6.61 Å². The van der Waals surface area contributed by atoms with Crippen molar-refractivity contribution in [1.29, 1.82) is 0 Å². The van der Waals surface area contributed by atoms with Crippen LogP contribution in [0.15, 0.2) is 18.2 Å². The standard InChI is InChI=1S/C15H17ClF2N2O2/c16-9-1-4-13(22-15(17)18)12(7-9)14(21)20-10-2-3-11(20)8-19-6-5-10/h1,4,7,10-11,15,19H,2-3,5-6,8H2. The minimum Gasteiger partial charge on any atom is -0.434 e. The summed E-state index contributed by atoms with van der Waals surface area (Å²) in [5.41, 5.74) is 0.103. The normalized spacial score (nSPS) is 24.5. The van der Waals surface area contributed by atoms with E-state index in [0.717, 1.165) is 32.4 Å². The number of carbonyl (C=O) groups excluding carboxylic acids is 1. The maximum Gasteiger partial charge on any atom is 0.387 e. The Morgan fingerprint density at radius 2 is 2.09 bits per heavy atom. The maximum atomic E-state index is 12.9. The molecule has 0 aromatic heterocycles. The summed E-state index contributed by atoms with van der Waals surface area (Å²) < 4.78 is 29.6. The van der Waals surface area contributed by atoms with E-state index in [1.807, 2.05) is 4.90 Å². The molecule has 2 saturated heterocycles. The summed E-state index contributed by atoms with van der Waals surface area (Å²) in [5.74, 6) is -0.407. The second kappa shape index (κ2) is 6.38. The number of amides is 1. The van der Waals surface area contributed by atoms with Crippen LogP contribution in [0.2, 0.25) is 5.02 Å². The number of ether oxygens (including phenoxy) is 1. The summed E-state index contributed by atoms with van der Waals surface area (Å²) in [6, 6.07) is 4.40. The molecule has 0 radical (unpaired) electrons. The van der Waals surface area contributed by atoms with Crippen LogP contribution in [-0.4, -0.2) is 42.6 Å². The van der Waals surface area contributed by atoms with Gasteiger partial charge in [-0.15, -0.1) is 0 Å². The Morgan fingerprint density at radius 1 is 1.32 bits per heavy atom. The predicted molar refractivity (Wildman–Crippen MR) is 78.6 cm³/mol. The molecule has 7 heteroatoms. The van der Waals surface area contributed by atoms with E-state index in [1.54, 1.807) is 0 Å². The zero-order valence-electron chi connectivity index (χ0n) is 11.9. The van der Waals surface area contributed by atoms with E-state index >= 15 is 0 Å². The molecule has 2 fully saturated rings. The summed E-state index contributed by atoms with van der Waals surface area (Å²) in [7, 11) is 0. The number of carbonyl (C=O) groups is 1. The number of rotatable bonds is 3. The Balaban J connectivity index is 1.92. The van der Waals surface area contributed by atoms with Crippen molar-refractivity contribution >= 4 is 17.5 Å². The van der Waals surface area contributed by atoms with E-state index in [0.29, 0.717) is 5.02 Å². The number of benzene rings is 1. The molecule has 0 spiro atoms. The minimum atomic E-state index is -2.98. The number of alkyl halides is 2. The van der Waals surface area contributed by atoms with Gasteiger partial charge in [0.1, 0.15) is 5.75 Å². The molecule has 1 aromatic carbocycles. The average molecular weight is 331 g/mol. The minimum absolute atomic E-state index is 0.0957. The summed E-state index contributed by atoms with van der Waals surface area (Å²) in [5, 5.41) is 3.63. The first-order valence-corrected chi connectivity index (χ1v) is 7.72. The van der Waals surface area contributed by atoms with Crippen LogP contribution in [0.5, 0.6) is 5.75 Å². The molecule has 1 amide bonds. The number of nitrogens with zero attached hydrogens (tertiary/aromatic N) is 1. The summed E-state index contributed by atoms with van der Waals surface area (Å²) in [6.45, 7) is -1.38. The largest absolute Gasteiger partial charge is 0.434 e. The van der Waals surface area contributed by atoms with Gasteiger partial charge in [0.05, 0.1) is 5.56 Å². The lowest BCUT2D eigenvalue weighted by Gasteiger charge is -2.28. The SMILES string of the molecule is O=C(c1cc(Cl)ccc1OC(F)F)N1C2CCNCC1CC2. The molecule has 2 unspecified atom stereocenters. The zero-order chi connectivity index (χ0) is 15.7. The van der Waals surface area contributed by atoms with Gasteiger partial charge in [-0.2, -0.15) is 8.78 Å². The number of halogens is 3. The van der Waals surface area contributed by atoms with Crippen molar-refractivity contribution in [3.8, 4) is 5.75 Å². The molecule has 2 bridgehead atoms. The first kappa shape index (κ1) is 15.5. The molecule has 0 saturated carbocycles. The molecule has 1 aromatic rings. The molecule has 4 nitrogen and oxygen atoms in total. The topological polar surface area (TPSA) is 41.6 Å². The Hall–Kier alpha value is -1.40. The van der Waals surface area contributed by atoms with E-state index in [1.165, 1.54) is 18.2 Å². The molecule has 2 aliphatic heterocycles. The van der Waals surface area contributed by atoms with Gasteiger partial charge in [-0.3, -0.25) is 4.79 Å². The van der Waals surface area contributed by atoms with E-state index in [-0.39, 0.29) is 29.3 Å². The van der Waals surface area contributed by atoms with Crippen molar-refractivity contribution in [3.05, 3.63) is 28.8 Å². The molecule has 120 valence electrons. The first-order valence-electron chi connectivity index (χ1n) is 7.34.